The van der Waals surface area contributed by atoms with Gasteiger partial charge in [0, 0.05) is 6.54 Å². The first kappa shape index (κ1) is 10.3. The summed E-state index contributed by atoms with van der Waals surface area (Å²) in [6, 6.07) is -0.485. The number of carbonyl (C=O) groups excluding carboxylic acids is 2. The quantitative estimate of drug-likeness (QED) is 0.640. The van der Waals surface area contributed by atoms with Crippen molar-refractivity contribution in [3.8, 4) is 0 Å². The molecule has 0 radical (unpaired) electrons. The Bertz CT molecular complexity index is 219. The molecule has 0 bridgehead atoms. The van der Waals surface area contributed by atoms with Crippen molar-refractivity contribution in [1.29, 1.82) is 0 Å². The molecule has 1 amide bonds. The fourth-order valence-electron chi connectivity index (χ4n) is 1.43. The predicted octanol–water partition coefficient (Wildman–Crippen LogP) is 1.37. The number of halogens is 1. The number of nitrogens with zero attached hydrogens (tertiary/aromatic N) is 1. The van der Waals surface area contributed by atoms with E-state index in [0.717, 1.165) is 6.42 Å². The first-order valence-electron chi connectivity index (χ1n) is 4.29. The van der Waals surface area contributed by atoms with E-state index in [4.69, 9.17) is 16.3 Å². The van der Waals surface area contributed by atoms with E-state index in [9.17, 15) is 9.59 Å². The zero-order valence-corrected chi connectivity index (χ0v) is 8.21. The second-order valence-electron chi connectivity index (χ2n) is 2.85. The number of carbonyl (C=O) groups is 2. The lowest BCUT2D eigenvalue weighted by atomic mass is 10.2. The van der Waals surface area contributed by atoms with Gasteiger partial charge in [-0.2, -0.15) is 0 Å². The third kappa shape index (κ3) is 2.34. The van der Waals surface area contributed by atoms with Crippen LogP contribution >= 0.6 is 11.6 Å². The molecule has 13 heavy (non-hydrogen) atoms. The third-order valence-electron chi connectivity index (χ3n) is 2.02. The summed E-state index contributed by atoms with van der Waals surface area (Å²) >= 11 is 5.33. The van der Waals surface area contributed by atoms with Gasteiger partial charge >= 0.3 is 6.09 Å². The normalized spacial score (nSPS) is 21.7. The number of hydrogen-bond donors (Lipinski definition) is 0. The van der Waals surface area contributed by atoms with Crippen molar-refractivity contribution >= 4 is 22.9 Å². The minimum absolute atomic E-state index is 0.318. The van der Waals surface area contributed by atoms with Gasteiger partial charge in [0.05, 0.1) is 6.61 Å². The molecule has 1 atom stereocenters. The van der Waals surface area contributed by atoms with Crippen molar-refractivity contribution in [3.63, 3.8) is 0 Å². The summed E-state index contributed by atoms with van der Waals surface area (Å²) in [5.41, 5.74) is 0. The lowest BCUT2D eigenvalue weighted by molar-refractivity contribution is -0.115. The number of rotatable bonds is 2. The smallest absolute Gasteiger partial charge is 0.410 e. The Morgan fingerprint density at radius 2 is 2.31 bits per heavy atom. The van der Waals surface area contributed by atoms with Gasteiger partial charge in [0.2, 0.25) is 5.24 Å². The van der Waals surface area contributed by atoms with Crippen LogP contribution in [0.3, 0.4) is 0 Å². The van der Waals surface area contributed by atoms with Crippen molar-refractivity contribution in [2.75, 3.05) is 13.2 Å². The Morgan fingerprint density at radius 1 is 1.62 bits per heavy atom. The van der Waals surface area contributed by atoms with Crippen LogP contribution in [0.5, 0.6) is 0 Å². The molecule has 1 rings (SSSR count). The molecule has 0 aliphatic carbocycles. The average Bonchev–Trinajstić information content (AvgIpc) is 2.52. The van der Waals surface area contributed by atoms with Crippen molar-refractivity contribution in [1.82, 2.24) is 4.90 Å². The minimum Gasteiger partial charge on any atom is -0.450 e. The molecule has 0 spiro atoms. The first-order chi connectivity index (χ1) is 6.16. The number of hydrogen-bond acceptors (Lipinski definition) is 3. The molecule has 1 aliphatic rings. The molecule has 0 saturated carbocycles. The Balaban J connectivity index is 2.57. The SMILES string of the molecule is CCOC(=O)N1CCCC1C(=O)Cl. The molecular formula is C8H12ClNO3. The van der Waals surface area contributed by atoms with Crippen LogP contribution in [-0.4, -0.2) is 35.4 Å². The molecule has 0 N–H and O–H groups in total. The molecule has 0 aromatic carbocycles. The molecule has 5 heteroatoms. The first-order valence-corrected chi connectivity index (χ1v) is 4.67. The largest absolute Gasteiger partial charge is 0.450 e. The van der Waals surface area contributed by atoms with Crippen molar-refractivity contribution in [2.45, 2.75) is 25.8 Å². The van der Waals surface area contributed by atoms with E-state index in [2.05, 4.69) is 0 Å². The second-order valence-corrected chi connectivity index (χ2v) is 3.23. The average molecular weight is 206 g/mol. The van der Waals surface area contributed by atoms with E-state index >= 15 is 0 Å². The van der Waals surface area contributed by atoms with E-state index in [1.165, 1.54) is 4.90 Å². The molecular weight excluding hydrogens is 194 g/mol. The van der Waals surface area contributed by atoms with Crippen LogP contribution in [0, 0.1) is 0 Å². The third-order valence-corrected chi connectivity index (χ3v) is 2.27. The summed E-state index contributed by atoms with van der Waals surface area (Å²) in [5, 5.41) is -0.481. The van der Waals surface area contributed by atoms with Crippen LogP contribution in [0.1, 0.15) is 19.8 Å². The van der Waals surface area contributed by atoms with Crippen LogP contribution in [0.25, 0.3) is 0 Å². The van der Waals surface area contributed by atoms with E-state index in [-0.39, 0.29) is 0 Å². The topological polar surface area (TPSA) is 46.6 Å². The standard InChI is InChI=1S/C8H12ClNO3/c1-2-13-8(12)10-5-3-4-6(10)7(9)11/h6H,2-5H2,1H3. The fourth-order valence-corrected chi connectivity index (χ4v) is 1.65. The molecule has 0 aromatic rings. The monoisotopic (exact) mass is 205 g/mol. The maximum absolute atomic E-state index is 11.3. The van der Waals surface area contributed by atoms with Gasteiger partial charge in [-0.15, -0.1) is 0 Å². The van der Waals surface area contributed by atoms with Crippen molar-refractivity contribution < 1.29 is 14.3 Å². The van der Waals surface area contributed by atoms with Crippen LogP contribution in [0.4, 0.5) is 4.79 Å². The molecule has 74 valence electrons. The van der Waals surface area contributed by atoms with Gasteiger partial charge in [0.15, 0.2) is 0 Å². The Hall–Kier alpha value is -0.770. The summed E-state index contributed by atoms with van der Waals surface area (Å²) in [6.45, 7) is 2.60. The molecule has 0 aromatic heterocycles. The zero-order valence-electron chi connectivity index (χ0n) is 7.46. The van der Waals surface area contributed by atoms with E-state index < -0.39 is 17.4 Å². The van der Waals surface area contributed by atoms with E-state index in [0.29, 0.717) is 19.6 Å². The summed E-state index contributed by atoms with van der Waals surface area (Å²) in [4.78, 5) is 23.5. The number of amides is 1. The highest BCUT2D eigenvalue weighted by Crippen LogP contribution is 2.20. The highest BCUT2D eigenvalue weighted by Gasteiger charge is 2.33. The minimum atomic E-state index is -0.485. The van der Waals surface area contributed by atoms with Gasteiger partial charge in [-0.3, -0.25) is 9.69 Å². The van der Waals surface area contributed by atoms with Gasteiger partial charge in [-0.05, 0) is 31.4 Å². The molecule has 1 saturated heterocycles. The number of ether oxygens (including phenoxy) is 1. The summed E-state index contributed by atoms with van der Waals surface area (Å²) in [7, 11) is 0. The van der Waals surface area contributed by atoms with Crippen molar-refractivity contribution in [3.05, 3.63) is 0 Å². The van der Waals surface area contributed by atoms with E-state index in [1.807, 2.05) is 0 Å². The predicted molar refractivity (Wildman–Crippen MR) is 47.6 cm³/mol. The fraction of sp³-hybridized carbons (Fsp3) is 0.750. The Kier molecular flexibility index (Phi) is 3.54. The lowest BCUT2D eigenvalue weighted by Gasteiger charge is -2.20. The maximum Gasteiger partial charge on any atom is 0.410 e. The second kappa shape index (κ2) is 4.46. The van der Waals surface area contributed by atoms with E-state index in [1.54, 1.807) is 6.92 Å². The van der Waals surface area contributed by atoms with Gasteiger partial charge in [-0.1, -0.05) is 0 Å². The van der Waals surface area contributed by atoms with Gasteiger partial charge < -0.3 is 4.74 Å². The highest BCUT2D eigenvalue weighted by atomic mass is 35.5. The van der Waals surface area contributed by atoms with Crippen LogP contribution < -0.4 is 0 Å². The maximum atomic E-state index is 11.3. The lowest BCUT2D eigenvalue weighted by Crippen LogP contribution is -2.39. The summed E-state index contributed by atoms with van der Waals surface area (Å²) < 4.78 is 4.78. The molecule has 4 nitrogen and oxygen atoms in total. The van der Waals surface area contributed by atoms with Gasteiger partial charge in [0.1, 0.15) is 6.04 Å². The molecule has 1 heterocycles. The molecule has 1 fully saturated rings. The highest BCUT2D eigenvalue weighted by molar-refractivity contribution is 6.64. The van der Waals surface area contributed by atoms with Crippen LogP contribution in [0.15, 0.2) is 0 Å². The summed E-state index contributed by atoms with van der Waals surface area (Å²) in [5.74, 6) is 0. The van der Waals surface area contributed by atoms with Crippen LogP contribution in [-0.2, 0) is 9.53 Å². The Labute approximate surface area is 81.8 Å². The molecule has 1 unspecified atom stereocenters. The zero-order chi connectivity index (χ0) is 9.84. The summed E-state index contributed by atoms with van der Waals surface area (Å²) in [6.07, 6.45) is 1.00. The molecule has 1 aliphatic heterocycles. The van der Waals surface area contributed by atoms with Gasteiger partial charge in [-0.25, -0.2) is 4.79 Å². The Morgan fingerprint density at radius 3 is 2.85 bits per heavy atom. The van der Waals surface area contributed by atoms with Crippen molar-refractivity contribution in [2.24, 2.45) is 0 Å². The van der Waals surface area contributed by atoms with Crippen LogP contribution in [0.2, 0.25) is 0 Å². The number of likely N-dealkylation sites (tertiary alicyclic amines) is 1. The van der Waals surface area contributed by atoms with Gasteiger partial charge in [0.25, 0.3) is 0 Å².